The number of hydrogen-bond acceptors (Lipinski definition) is 3. The summed E-state index contributed by atoms with van der Waals surface area (Å²) in [6, 6.07) is 11.1. The van der Waals surface area contributed by atoms with Crippen molar-refractivity contribution in [1.82, 2.24) is 14.6 Å². The van der Waals surface area contributed by atoms with Crippen LogP contribution >= 0.6 is 0 Å². The van der Waals surface area contributed by atoms with Crippen molar-refractivity contribution in [2.24, 2.45) is 0 Å². The fraction of sp³-hybridized carbons (Fsp3) is 0.0769. The number of rotatable bonds is 2. The van der Waals surface area contributed by atoms with Gasteiger partial charge in [-0.15, -0.1) is 0 Å². The van der Waals surface area contributed by atoms with Crippen molar-refractivity contribution in [1.29, 1.82) is 0 Å². The summed E-state index contributed by atoms with van der Waals surface area (Å²) in [5.74, 6) is 0. The van der Waals surface area contributed by atoms with Gasteiger partial charge < -0.3 is 10.1 Å². The topological polar surface area (TPSA) is 70.4 Å². The predicted octanol–water partition coefficient (Wildman–Crippen LogP) is 1.18. The molecular formula is C13H11N3O2. The summed E-state index contributed by atoms with van der Waals surface area (Å²) in [5.41, 5.74) is 2.30. The lowest BCUT2D eigenvalue weighted by Gasteiger charge is -2.01. The van der Waals surface area contributed by atoms with E-state index < -0.39 is 0 Å². The van der Waals surface area contributed by atoms with Gasteiger partial charge in [0.15, 0.2) is 0 Å². The van der Waals surface area contributed by atoms with Crippen LogP contribution in [0, 0.1) is 0 Å². The van der Waals surface area contributed by atoms with Crippen LogP contribution in [0.25, 0.3) is 16.8 Å². The van der Waals surface area contributed by atoms with Crippen LogP contribution in [0.2, 0.25) is 0 Å². The van der Waals surface area contributed by atoms with Gasteiger partial charge in [-0.05, 0) is 11.6 Å². The Hall–Kier alpha value is -2.40. The summed E-state index contributed by atoms with van der Waals surface area (Å²) < 4.78 is 1.49. The lowest BCUT2D eigenvalue weighted by atomic mass is 10.2. The Kier molecular flexibility index (Phi) is 2.46. The number of aliphatic hydroxyl groups is 1. The number of benzene rings is 1. The standard InChI is InChI=1S/C13H11N3O2/c17-8-10-6-12-13(18)14-11(7-16(12)15-10)9-4-2-1-3-5-9/h1-7,17H,8H2,(H,14,18). The van der Waals surface area contributed by atoms with Crippen LogP contribution < -0.4 is 5.56 Å². The number of hydrogen-bond donors (Lipinski definition) is 2. The Labute approximate surface area is 102 Å². The van der Waals surface area contributed by atoms with Gasteiger partial charge in [0.2, 0.25) is 0 Å². The molecule has 0 unspecified atom stereocenters. The van der Waals surface area contributed by atoms with Gasteiger partial charge in [-0.2, -0.15) is 5.10 Å². The average Bonchev–Trinajstić information content (AvgIpc) is 2.83. The monoisotopic (exact) mass is 241 g/mol. The lowest BCUT2D eigenvalue weighted by Crippen LogP contribution is -2.10. The first kappa shape index (κ1) is 10.7. The molecule has 3 aromatic rings. The molecule has 0 aliphatic rings. The smallest absolute Gasteiger partial charge is 0.274 e. The predicted molar refractivity (Wildman–Crippen MR) is 67.2 cm³/mol. The van der Waals surface area contributed by atoms with E-state index in [4.69, 9.17) is 5.11 Å². The SMILES string of the molecule is O=c1[nH]c(-c2ccccc2)cn2nc(CO)cc12. The minimum absolute atomic E-state index is 0.179. The molecule has 0 fully saturated rings. The zero-order chi connectivity index (χ0) is 12.5. The fourth-order valence-electron chi connectivity index (χ4n) is 1.90. The highest BCUT2D eigenvalue weighted by molar-refractivity contribution is 5.60. The highest BCUT2D eigenvalue weighted by atomic mass is 16.3. The largest absolute Gasteiger partial charge is 0.390 e. The molecule has 0 aliphatic carbocycles. The maximum Gasteiger partial charge on any atom is 0.274 e. The molecule has 90 valence electrons. The lowest BCUT2D eigenvalue weighted by molar-refractivity contribution is 0.276. The Morgan fingerprint density at radius 2 is 2.06 bits per heavy atom. The van der Waals surface area contributed by atoms with Crippen molar-refractivity contribution in [2.75, 3.05) is 0 Å². The van der Waals surface area contributed by atoms with Crippen LogP contribution in [0.3, 0.4) is 0 Å². The first-order chi connectivity index (χ1) is 8.78. The molecule has 0 bridgehead atoms. The van der Waals surface area contributed by atoms with Crippen molar-refractivity contribution < 1.29 is 5.11 Å². The second-order valence-electron chi connectivity index (χ2n) is 3.99. The molecule has 0 radical (unpaired) electrons. The Morgan fingerprint density at radius 1 is 1.28 bits per heavy atom. The summed E-state index contributed by atoms with van der Waals surface area (Å²) in [5, 5.41) is 13.2. The summed E-state index contributed by atoms with van der Waals surface area (Å²) in [6.45, 7) is -0.179. The van der Waals surface area contributed by atoms with Gasteiger partial charge in [-0.1, -0.05) is 30.3 Å². The molecule has 0 saturated heterocycles. The third kappa shape index (κ3) is 1.70. The summed E-state index contributed by atoms with van der Waals surface area (Å²) in [7, 11) is 0. The molecular weight excluding hydrogens is 230 g/mol. The first-order valence-corrected chi connectivity index (χ1v) is 5.56. The highest BCUT2D eigenvalue weighted by Gasteiger charge is 2.07. The quantitative estimate of drug-likeness (QED) is 0.707. The zero-order valence-corrected chi connectivity index (χ0v) is 9.50. The van der Waals surface area contributed by atoms with Crippen molar-refractivity contribution >= 4 is 5.52 Å². The third-order valence-corrected chi connectivity index (χ3v) is 2.77. The molecule has 0 atom stereocenters. The molecule has 18 heavy (non-hydrogen) atoms. The highest BCUT2D eigenvalue weighted by Crippen LogP contribution is 2.15. The number of fused-ring (bicyclic) bond motifs is 1. The van der Waals surface area contributed by atoms with E-state index in [1.54, 1.807) is 12.3 Å². The molecule has 3 rings (SSSR count). The van der Waals surface area contributed by atoms with Crippen molar-refractivity contribution in [3.8, 4) is 11.3 Å². The van der Waals surface area contributed by atoms with E-state index in [0.29, 0.717) is 16.9 Å². The molecule has 5 heteroatoms. The molecule has 0 saturated carbocycles. The van der Waals surface area contributed by atoms with Crippen LogP contribution in [0.4, 0.5) is 0 Å². The van der Waals surface area contributed by atoms with Crippen LogP contribution in [0.1, 0.15) is 5.69 Å². The number of aliphatic hydroxyl groups excluding tert-OH is 1. The zero-order valence-electron chi connectivity index (χ0n) is 9.50. The van der Waals surface area contributed by atoms with Gasteiger partial charge in [-0.3, -0.25) is 4.79 Å². The van der Waals surface area contributed by atoms with Crippen LogP contribution in [0.5, 0.6) is 0 Å². The van der Waals surface area contributed by atoms with Crippen molar-refractivity contribution in [3.05, 3.63) is 58.6 Å². The molecule has 5 nitrogen and oxygen atoms in total. The van der Waals surface area contributed by atoms with Crippen molar-refractivity contribution in [2.45, 2.75) is 6.61 Å². The van der Waals surface area contributed by atoms with Gasteiger partial charge in [0.25, 0.3) is 5.56 Å². The fourth-order valence-corrected chi connectivity index (χ4v) is 1.90. The normalized spacial score (nSPS) is 10.9. The van der Waals surface area contributed by atoms with Crippen molar-refractivity contribution in [3.63, 3.8) is 0 Å². The average molecular weight is 241 g/mol. The van der Waals surface area contributed by atoms with Crippen LogP contribution in [0.15, 0.2) is 47.4 Å². The molecule has 2 aromatic heterocycles. The minimum atomic E-state index is -0.219. The van der Waals surface area contributed by atoms with Crippen LogP contribution in [-0.4, -0.2) is 19.7 Å². The Bertz CT molecular complexity index is 744. The number of aromatic amines is 1. The molecule has 0 amide bonds. The van der Waals surface area contributed by atoms with Gasteiger partial charge in [-0.25, -0.2) is 4.52 Å². The number of nitrogens with zero attached hydrogens (tertiary/aromatic N) is 2. The van der Waals surface area contributed by atoms with Gasteiger partial charge in [0.05, 0.1) is 24.2 Å². The molecule has 2 heterocycles. The van der Waals surface area contributed by atoms with E-state index in [-0.39, 0.29) is 12.2 Å². The Balaban J connectivity index is 2.24. The maximum atomic E-state index is 11.9. The van der Waals surface area contributed by atoms with Gasteiger partial charge in [0.1, 0.15) is 5.52 Å². The summed E-state index contributed by atoms with van der Waals surface area (Å²) >= 11 is 0. The number of nitrogens with one attached hydrogen (secondary N) is 1. The number of aromatic nitrogens is 3. The van der Waals surface area contributed by atoms with Gasteiger partial charge >= 0.3 is 0 Å². The molecule has 0 spiro atoms. The van der Waals surface area contributed by atoms with E-state index in [2.05, 4.69) is 10.1 Å². The molecule has 0 aliphatic heterocycles. The summed E-state index contributed by atoms with van der Waals surface area (Å²) in [4.78, 5) is 14.7. The van der Waals surface area contributed by atoms with E-state index in [0.717, 1.165) is 5.56 Å². The van der Waals surface area contributed by atoms with E-state index in [9.17, 15) is 4.79 Å². The van der Waals surface area contributed by atoms with E-state index in [1.165, 1.54) is 4.52 Å². The molecule has 1 aromatic carbocycles. The maximum absolute atomic E-state index is 11.9. The van der Waals surface area contributed by atoms with Crippen LogP contribution in [-0.2, 0) is 6.61 Å². The third-order valence-electron chi connectivity index (χ3n) is 2.77. The van der Waals surface area contributed by atoms with Gasteiger partial charge in [0, 0.05) is 0 Å². The Morgan fingerprint density at radius 3 is 2.78 bits per heavy atom. The number of H-pyrrole nitrogens is 1. The second kappa shape index (κ2) is 4.12. The van der Waals surface area contributed by atoms with E-state index >= 15 is 0 Å². The minimum Gasteiger partial charge on any atom is -0.390 e. The molecule has 2 N–H and O–H groups in total. The second-order valence-corrected chi connectivity index (χ2v) is 3.99. The summed E-state index contributed by atoms with van der Waals surface area (Å²) in [6.07, 6.45) is 1.74. The first-order valence-electron chi connectivity index (χ1n) is 5.56. The van der Waals surface area contributed by atoms with E-state index in [1.807, 2.05) is 30.3 Å².